The first-order valence-electron chi connectivity index (χ1n) is 15.7. The zero-order valence-corrected chi connectivity index (χ0v) is 29.2. The number of hydrogen-bond acceptors (Lipinski definition) is 6. The second kappa shape index (κ2) is 13.6. The summed E-state index contributed by atoms with van der Waals surface area (Å²) in [5, 5.41) is 0.158. The molecule has 2 fully saturated rings. The van der Waals surface area contributed by atoms with E-state index in [1.54, 1.807) is 0 Å². The van der Waals surface area contributed by atoms with Crippen molar-refractivity contribution in [3.63, 3.8) is 0 Å². The Morgan fingerprint density at radius 3 is 2.49 bits per heavy atom. The van der Waals surface area contributed by atoms with E-state index in [-0.39, 0.29) is 29.5 Å². The minimum atomic E-state index is -4.65. The maximum atomic E-state index is 14.5. The molecule has 4 atom stereocenters. The van der Waals surface area contributed by atoms with Gasteiger partial charge in [0.1, 0.15) is 17.6 Å². The van der Waals surface area contributed by atoms with Crippen molar-refractivity contribution in [2.45, 2.75) is 121 Å². The van der Waals surface area contributed by atoms with Crippen molar-refractivity contribution in [3.8, 4) is 5.88 Å². The highest BCUT2D eigenvalue weighted by molar-refractivity contribution is 6.74. The summed E-state index contributed by atoms with van der Waals surface area (Å²) in [5.41, 5.74) is 0.927. The molecule has 4 heterocycles. The van der Waals surface area contributed by atoms with E-state index < -0.39 is 38.0 Å². The van der Waals surface area contributed by atoms with Crippen LogP contribution in [0.4, 0.5) is 17.6 Å². The topological polar surface area (TPSA) is 61.6 Å². The second-order valence-electron chi connectivity index (χ2n) is 14.1. The van der Waals surface area contributed by atoms with E-state index in [1.165, 1.54) is 0 Å². The van der Waals surface area contributed by atoms with Gasteiger partial charge < -0.3 is 18.5 Å². The number of ether oxygens (including phenoxy) is 2. The predicted octanol–water partition coefficient (Wildman–Crippen LogP) is 7.94. The Hall–Kier alpha value is -1.44. The van der Waals surface area contributed by atoms with E-state index in [0.717, 1.165) is 30.6 Å². The number of pyridine rings is 1. The van der Waals surface area contributed by atoms with Crippen molar-refractivity contribution < 1.29 is 31.5 Å². The lowest BCUT2D eigenvalue weighted by Crippen LogP contribution is -2.41. The van der Waals surface area contributed by atoms with Gasteiger partial charge in [0.2, 0.25) is 5.88 Å². The molecule has 1 saturated carbocycles. The first-order valence-corrected chi connectivity index (χ1v) is 19.5. The molecule has 14 heteroatoms. The molecule has 5 rings (SSSR count). The van der Waals surface area contributed by atoms with E-state index in [1.807, 2.05) is 0 Å². The summed E-state index contributed by atoms with van der Waals surface area (Å²) in [6, 6.07) is 1.14. The van der Waals surface area contributed by atoms with Crippen LogP contribution in [0.2, 0.25) is 23.3 Å². The molecule has 1 saturated heterocycles. The molecular weight excluding hydrogens is 651 g/mol. The average molecular weight is 696 g/mol. The van der Waals surface area contributed by atoms with Crippen LogP contribution < -0.4 is 4.74 Å². The Bertz CT molecular complexity index is 1350. The van der Waals surface area contributed by atoms with Crippen LogP contribution in [0.15, 0.2) is 6.07 Å². The van der Waals surface area contributed by atoms with Gasteiger partial charge in [0, 0.05) is 31.0 Å². The standard InChI is InChI=1S/C31H44Cl2F4N4O3Si/c1-30(2,3)45(4,5)44-18-26-28(33)39-27(41(26)14-22-9-11-42-22)16-40-10-8-19-12-23(31(35,36)37)29(38-25(19)15-40)43-17-20-6-7-21(32)13-24(20)34/h12,20-22,24H,6-11,13-18H2,1-5H3/t20?,21?,22-,24?/m0/s1. The highest BCUT2D eigenvalue weighted by atomic mass is 35.5. The average Bonchev–Trinajstić information content (AvgIpc) is 3.20. The Balaban J connectivity index is 1.34. The van der Waals surface area contributed by atoms with Crippen LogP contribution in [0.5, 0.6) is 5.88 Å². The van der Waals surface area contributed by atoms with Crippen LogP contribution >= 0.6 is 23.2 Å². The third kappa shape index (κ3) is 8.17. The van der Waals surface area contributed by atoms with Crippen molar-refractivity contribution in [1.29, 1.82) is 0 Å². The van der Waals surface area contributed by atoms with Crippen molar-refractivity contribution >= 4 is 31.5 Å². The molecule has 2 aromatic heterocycles. The van der Waals surface area contributed by atoms with E-state index in [2.05, 4.69) is 48.3 Å². The maximum absolute atomic E-state index is 14.5. The SMILES string of the molecule is CC(C)(C)[Si](C)(C)OCc1c(Cl)nc(CN2CCc3cc(C(F)(F)F)c(OCC4CCC(Cl)CC4F)nc3C2)n1C[C@@H]1CCO1. The minimum absolute atomic E-state index is 0.0320. The summed E-state index contributed by atoms with van der Waals surface area (Å²) in [7, 11) is -2.06. The lowest BCUT2D eigenvalue weighted by molar-refractivity contribution is -0.139. The van der Waals surface area contributed by atoms with Gasteiger partial charge in [-0.25, -0.2) is 14.4 Å². The summed E-state index contributed by atoms with van der Waals surface area (Å²) in [4.78, 5) is 11.2. The van der Waals surface area contributed by atoms with Gasteiger partial charge in [-0.1, -0.05) is 32.4 Å². The number of fused-ring (bicyclic) bond motifs is 1. The van der Waals surface area contributed by atoms with Crippen molar-refractivity contribution in [2.75, 3.05) is 19.8 Å². The Labute approximate surface area is 274 Å². The summed E-state index contributed by atoms with van der Waals surface area (Å²) < 4.78 is 76.6. The zero-order valence-electron chi connectivity index (χ0n) is 26.7. The number of imidazole rings is 1. The van der Waals surface area contributed by atoms with Crippen LogP contribution in [0.1, 0.15) is 74.8 Å². The fraction of sp³-hybridized carbons (Fsp3) is 0.742. The molecule has 0 amide bonds. The fourth-order valence-corrected chi connectivity index (χ4v) is 7.21. The van der Waals surface area contributed by atoms with Crippen LogP contribution in [0, 0.1) is 5.92 Å². The molecule has 2 aliphatic heterocycles. The molecule has 0 bridgehead atoms. The Kier molecular flexibility index (Phi) is 10.5. The van der Waals surface area contributed by atoms with E-state index in [9.17, 15) is 17.6 Å². The monoisotopic (exact) mass is 694 g/mol. The summed E-state index contributed by atoms with van der Waals surface area (Å²) in [6.07, 6.45) is -3.24. The van der Waals surface area contributed by atoms with Crippen LogP contribution in [0.3, 0.4) is 0 Å². The lowest BCUT2D eigenvalue weighted by atomic mass is 9.88. The minimum Gasteiger partial charge on any atom is -0.477 e. The number of halogens is 6. The smallest absolute Gasteiger partial charge is 0.421 e. The molecule has 0 aromatic carbocycles. The zero-order chi connectivity index (χ0) is 32.7. The van der Waals surface area contributed by atoms with Crippen molar-refractivity contribution in [1.82, 2.24) is 19.4 Å². The third-order valence-electron chi connectivity index (χ3n) is 9.83. The van der Waals surface area contributed by atoms with Gasteiger partial charge >= 0.3 is 6.18 Å². The summed E-state index contributed by atoms with van der Waals surface area (Å²) in [6.45, 7) is 13.7. The quantitative estimate of drug-likeness (QED) is 0.143. The van der Waals surface area contributed by atoms with Gasteiger partial charge in [-0.15, -0.1) is 11.6 Å². The van der Waals surface area contributed by atoms with Gasteiger partial charge in [-0.05, 0) is 61.9 Å². The van der Waals surface area contributed by atoms with Gasteiger partial charge in [0.05, 0.1) is 43.8 Å². The molecule has 45 heavy (non-hydrogen) atoms. The molecule has 3 unspecified atom stereocenters. The van der Waals surface area contributed by atoms with Gasteiger partial charge in [0.15, 0.2) is 13.5 Å². The largest absolute Gasteiger partial charge is 0.477 e. The summed E-state index contributed by atoms with van der Waals surface area (Å²) >= 11 is 12.8. The Morgan fingerprint density at radius 2 is 1.87 bits per heavy atom. The number of hydrogen-bond donors (Lipinski definition) is 0. The number of rotatable bonds is 10. The highest BCUT2D eigenvalue weighted by Gasteiger charge is 2.40. The molecule has 0 spiro atoms. The normalized spacial score (nSPS) is 24.8. The first-order chi connectivity index (χ1) is 21.0. The molecule has 0 N–H and O–H groups in total. The lowest BCUT2D eigenvalue weighted by Gasteiger charge is -2.36. The van der Waals surface area contributed by atoms with Crippen LogP contribution in [-0.4, -0.2) is 65.2 Å². The molecule has 252 valence electrons. The maximum Gasteiger partial charge on any atom is 0.421 e. The molecule has 3 aliphatic rings. The van der Waals surface area contributed by atoms with Crippen LogP contribution in [-0.2, 0) is 48.0 Å². The number of aromatic nitrogens is 3. The fourth-order valence-electron chi connectivity index (χ4n) is 5.73. The molecule has 7 nitrogen and oxygen atoms in total. The highest BCUT2D eigenvalue weighted by Crippen LogP contribution is 2.40. The molecular formula is C31H44Cl2F4N4O3Si. The second-order valence-corrected chi connectivity index (χ2v) is 19.9. The molecule has 2 aromatic rings. The number of nitrogens with zero attached hydrogens (tertiary/aromatic N) is 4. The van der Waals surface area contributed by atoms with Crippen molar-refractivity contribution in [3.05, 3.63) is 39.6 Å². The van der Waals surface area contributed by atoms with Gasteiger partial charge in [-0.3, -0.25) is 4.90 Å². The Morgan fingerprint density at radius 1 is 1.13 bits per heavy atom. The molecule has 0 radical (unpaired) electrons. The van der Waals surface area contributed by atoms with Gasteiger partial charge in [0.25, 0.3) is 0 Å². The first kappa shape index (κ1) is 34.9. The van der Waals surface area contributed by atoms with Gasteiger partial charge in [-0.2, -0.15) is 13.2 Å². The molecule has 1 aliphatic carbocycles. The number of alkyl halides is 5. The van der Waals surface area contributed by atoms with E-state index in [4.69, 9.17) is 42.1 Å². The van der Waals surface area contributed by atoms with Crippen LogP contribution in [0.25, 0.3) is 0 Å². The third-order valence-corrected chi connectivity index (χ3v) is 15.0. The van der Waals surface area contributed by atoms with Crippen molar-refractivity contribution in [2.24, 2.45) is 5.92 Å². The van der Waals surface area contributed by atoms with E-state index >= 15 is 0 Å². The predicted molar refractivity (Wildman–Crippen MR) is 168 cm³/mol. The summed E-state index contributed by atoms with van der Waals surface area (Å²) in [5.74, 6) is -0.270. The van der Waals surface area contributed by atoms with E-state index in [0.29, 0.717) is 68.5 Å².